The topological polar surface area (TPSA) is 74.6 Å². The molecule has 1 unspecified atom stereocenters. The molecule has 0 amide bonds. The highest BCUT2D eigenvalue weighted by Gasteiger charge is 2.68. The summed E-state index contributed by atoms with van der Waals surface area (Å²) in [7, 11) is 0. The van der Waals surface area contributed by atoms with Gasteiger partial charge in [-0.05, 0) is 68.9 Å². The normalized spacial score (nSPS) is 51.4. The monoisotopic (exact) mass is 344 g/mol. The van der Waals surface area contributed by atoms with Crippen LogP contribution in [0.25, 0.3) is 0 Å². The van der Waals surface area contributed by atoms with E-state index in [1.54, 1.807) is 12.2 Å². The van der Waals surface area contributed by atoms with E-state index in [-0.39, 0.29) is 22.9 Å². The van der Waals surface area contributed by atoms with Gasteiger partial charge in [0.25, 0.3) is 0 Å². The Morgan fingerprint density at radius 2 is 1.96 bits per heavy atom. The van der Waals surface area contributed by atoms with Crippen LogP contribution in [0.5, 0.6) is 0 Å². The molecular weight excluding hydrogens is 316 g/mol. The summed E-state index contributed by atoms with van der Waals surface area (Å²) in [6.07, 6.45) is 8.57. The Morgan fingerprint density at radius 3 is 2.64 bits per heavy atom. The number of aliphatic hydroxyl groups is 2. The van der Waals surface area contributed by atoms with E-state index < -0.39 is 17.1 Å². The van der Waals surface area contributed by atoms with Gasteiger partial charge in [-0.2, -0.15) is 0 Å². The van der Waals surface area contributed by atoms with Crippen LogP contribution >= 0.6 is 0 Å². The van der Waals surface area contributed by atoms with Crippen LogP contribution in [0.1, 0.15) is 52.9 Å². The fourth-order valence-electron chi connectivity index (χ4n) is 6.85. The zero-order valence-electron chi connectivity index (χ0n) is 15.3. The first kappa shape index (κ1) is 17.2. The first-order valence-corrected chi connectivity index (χ1v) is 9.50. The molecule has 4 nitrogen and oxygen atoms in total. The van der Waals surface area contributed by atoms with Gasteiger partial charge in [0.2, 0.25) is 0 Å². The zero-order chi connectivity index (χ0) is 18.2. The Labute approximate surface area is 149 Å². The van der Waals surface area contributed by atoms with Crippen molar-refractivity contribution < 1.29 is 19.8 Å². The maximum Gasteiger partial charge on any atom is 0.178 e. The minimum atomic E-state index is -1.63. The molecule has 0 heterocycles. The van der Waals surface area contributed by atoms with Crippen molar-refractivity contribution in [1.29, 1.82) is 0 Å². The third-order valence-electron chi connectivity index (χ3n) is 8.31. The number of carbonyl (C=O) groups is 2. The van der Waals surface area contributed by atoms with E-state index in [0.29, 0.717) is 18.3 Å². The van der Waals surface area contributed by atoms with E-state index in [1.165, 1.54) is 12.5 Å². The summed E-state index contributed by atoms with van der Waals surface area (Å²) < 4.78 is 0. The van der Waals surface area contributed by atoms with Crippen molar-refractivity contribution in [2.75, 3.05) is 0 Å². The smallest absolute Gasteiger partial charge is 0.178 e. The number of aliphatic hydroxyl groups excluding tert-OH is 1. The van der Waals surface area contributed by atoms with E-state index in [1.807, 2.05) is 6.92 Å². The fourth-order valence-corrected chi connectivity index (χ4v) is 6.85. The van der Waals surface area contributed by atoms with Crippen LogP contribution in [0, 0.1) is 28.6 Å². The molecule has 0 aromatic heterocycles. The maximum absolute atomic E-state index is 12.3. The minimum absolute atomic E-state index is 0.0776. The molecule has 3 fully saturated rings. The van der Waals surface area contributed by atoms with Crippen LogP contribution in [-0.2, 0) is 9.59 Å². The third-order valence-corrected chi connectivity index (χ3v) is 8.31. The minimum Gasteiger partial charge on any atom is -0.390 e. The van der Waals surface area contributed by atoms with E-state index in [2.05, 4.69) is 13.0 Å². The molecule has 136 valence electrons. The van der Waals surface area contributed by atoms with Gasteiger partial charge < -0.3 is 10.2 Å². The quantitative estimate of drug-likeness (QED) is 0.767. The molecule has 4 aliphatic carbocycles. The summed E-state index contributed by atoms with van der Waals surface area (Å²) in [4.78, 5) is 24.0. The van der Waals surface area contributed by atoms with Crippen molar-refractivity contribution in [1.82, 2.24) is 0 Å². The summed E-state index contributed by atoms with van der Waals surface area (Å²) in [5.74, 6) is 0.667. The van der Waals surface area contributed by atoms with Crippen LogP contribution in [-0.4, -0.2) is 33.5 Å². The Balaban J connectivity index is 1.74. The van der Waals surface area contributed by atoms with Crippen molar-refractivity contribution in [2.45, 2.75) is 64.6 Å². The van der Waals surface area contributed by atoms with Crippen LogP contribution in [0.3, 0.4) is 0 Å². The second-order valence-corrected chi connectivity index (χ2v) is 9.13. The number of fused-ring (bicyclic) bond motifs is 5. The second kappa shape index (κ2) is 5.14. The van der Waals surface area contributed by atoms with Crippen LogP contribution in [0.15, 0.2) is 23.8 Å². The summed E-state index contributed by atoms with van der Waals surface area (Å²) in [5, 5.41) is 21.7. The van der Waals surface area contributed by atoms with Gasteiger partial charge in [-0.3, -0.25) is 9.59 Å². The van der Waals surface area contributed by atoms with E-state index in [4.69, 9.17) is 0 Å². The van der Waals surface area contributed by atoms with Crippen molar-refractivity contribution in [2.24, 2.45) is 28.6 Å². The first-order chi connectivity index (χ1) is 11.6. The summed E-state index contributed by atoms with van der Waals surface area (Å²) in [5.41, 5.74) is -1.08. The van der Waals surface area contributed by atoms with Gasteiger partial charge in [-0.1, -0.05) is 25.5 Å². The van der Waals surface area contributed by atoms with Gasteiger partial charge >= 0.3 is 0 Å². The molecule has 4 rings (SSSR count). The molecule has 4 heteroatoms. The number of carbonyl (C=O) groups excluding carboxylic acids is 2. The Hall–Kier alpha value is -1.26. The number of allylic oxidation sites excluding steroid dienone is 4. The molecule has 0 radical (unpaired) electrons. The summed E-state index contributed by atoms with van der Waals surface area (Å²) in [6, 6.07) is 0. The lowest BCUT2D eigenvalue weighted by Gasteiger charge is -2.57. The second-order valence-electron chi connectivity index (χ2n) is 9.13. The molecular formula is C21H28O4. The lowest BCUT2D eigenvalue weighted by atomic mass is 9.47. The van der Waals surface area contributed by atoms with E-state index in [0.717, 1.165) is 25.7 Å². The van der Waals surface area contributed by atoms with Gasteiger partial charge in [0, 0.05) is 10.8 Å². The molecule has 7 atom stereocenters. The fraction of sp³-hybridized carbons (Fsp3) is 0.714. The highest BCUT2D eigenvalue weighted by molar-refractivity contribution is 6.01. The Morgan fingerprint density at radius 1 is 1.24 bits per heavy atom. The van der Waals surface area contributed by atoms with Crippen molar-refractivity contribution >= 4 is 11.6 Å². The van der Waals surface area contributed by atoms with Crippen molar-refractivity contribution in [3.8, 4) is 0 Å². The SMILES string of the molecule is CC(=O)[C@@]1(O)C(O)C[C@H]2[C@@H]3CCC4=CC(=O)C=C[C@]4(C)[C@H]3CC[C@@]21C. The van der Waals surface area contributed by atoms with Crippen LogP contribution < -0.4 is 0 Å². The van der Waals surface area contributed by atoms with E-state index >= 15 is 0 Å². The van der Waals surface area contributed by atoms with E-state index in [9.17, 15) is 19.8 Å². The number of hydrogen-bond acceptors (Lipinski definition) is 4. The largest absolute Gasteiger partial charge is 0.390 e. The number of Topliss-reactive ketones (excluding diaryl/α,β-unsaturated/α-hetero) is 1. The molecule has 0 aromatic carbocycles. The van der Waals surface area contributed by atoms with Crippen molar-refractivity contribution in [3.05, 3.63) is 23.8 Å². The average Bonchev–Trinajstić information content (AvgIpc) is 2.77. The molecule has 0 aliphatic heterocycles. The molecule has 25 heavy (non-hydrogen) atoms. The van der Waals surface area contributed by atoms with Gasteiger partial charge in [-0.25, -0.2) is 0 Å². The Bertz CT molecular complexity index is 707. The highest BCUT2D eigenvalue weighted by atomic mass is 16.4. The molecule has 0 aromatic rings. The standard InChI is InChI=1S/C21H28O4/c1-12(22)21(25)18(24)11-17-15-5-4-13-10-14(23)6-8-19(13,2)16(15)7-9-20(17,21)3/h6,8,10,15-18,24-25H,4-5,7,9,11H2,1-3H3/t15-,16+,17+,18?,19+,20+,21-/m1/s1. The molecule has 0 saturated heterocycles. The van der Waals surface area contributed by atoms with Gasteiger partial charge in [0.1, 0.15) is 0 Å². The first-order valence-electron chi connectivity index (χ1n) is 9.50. The maximum atomic E-state index is 12.3. The number of hydrogen-bond donors (Lipinski definition) is 2. The van der Waals surface area contributed by atoms with Crippen LogP contribution in [0.2, 0.25) is 0 Å². The summed E-state index contributed by atoms with van der Waals surface area (Å²) in [6.45, 7) is 5.63. The molecule has 0 spiro atoms. The predicted octanol–water partition coefficient (Wildman–Crippen LogP) is 2.59. The van der Waals surface area contributed by atoms with Gasteiger partial charge in [0.05, 0.1) is 6.10 Å². The predicted molar refractivity (Wildman–Crippen MR) is 93.6 cm³/mol. The average molecular weight is 344 g/mol. The Kier molecular flexibility index (Phi) is 3.53. The molecule has 4 aliphatic rings. The lowest BCUT2D eigenvalue weighted by Crippen LogP contribution is -2.59. The van der Waals surface area contributed by atoms with Crippen LogP contribution in [0.4, 0.5) is 0 Å². The third kappa shape index (κ3) is 1.95. The lowest BCUT2D eigenvalue weighted by molar-refractivity contribution is -0.172. The highest BCUT2D eigenvalue weighted by Crippen LogP contribution is 2.67. The summed E-state index contributed by atoms with van der Waals surface area (Å²) >= 11 is 0. The zero-order valence-corrected chi connectivity index (χ0v) is 15.3. The molecule has 3 saturated carbocycles. The number of rotatable bonds is 1. The molecule has 0 bridgehead atoms. The van der Waals surface area contributed by atoms with Crippen molar-refractivity contribution in [3.63, 3.8) is 0 Å². The molecule has 2 N–H and O–H groups in total. The number of ketones is 2. The van der Waals surface area contributed by atoms with Gasteiger partial charge in [-0.15, -0.1) is 0 Å². The van der Waals surface area contributed by atoms with Gasteiger partial charge in [0.15, 0.2) is 17.2 Å².